The second-order valence-corrected chi connectivity index (χ2v) is 3.48. The van der Waals surface area contributed by atoms with Crippen molar-refractivity contribution in [2.24, 2.45) is 0 Å². The van der Waals surface area contributed by atoms with Gasteiger partial charge in [0.05, 0.1) is 17.7 Å². The molecule has 0 atom stereocenters. The van der Waals surface area contributed by atoms with Crippen LogP contribution >= 0.6 is 0 Å². The fraction of sp³-hybridized carbons (Fsp3) is 0.333. The van der Waals surface area contributed by atoms with Crippen molar-refractivity contribution in [1.82, 2.24) is 0 Å². The Morgan fingerprint density at radius 1 is 1.22 bits per heavy atom. The summed E-state index contributed by atoms with van der Waals surface area (Å²) in [6.07, 6.45) is 0.0259. The van der Waals surface area contributed by atoms with Crippen molar-refractivity contribution in [3.8, 4) is 5.75 Å². The van der Waals surface area contributed by atoms with Crippen LogP contribution in [0.5, 0.6) is 5.75 Å². The molecule has 0 aliphatic heterocycles. The van der Waals surface area contributed by atoms with Crippen molar-refractivity contribution >= 4 is 11.9 Å². The molecule has 0 saturated carbocycles. The summed E-state index contributed by atoms with van der Waals surface area (Å²) in [5.74, 6) is -2.39. The van der Waals surface area contributed by atoms with E-state index in [4.69, 9.17) is 20.1 Å². The zero-order valence-corrected chi connectivity index (χ0v) is 9.84. The lowest BCUT2D eigenvalue weighted by molar-refractivity contribution is 0.0649. The first-order valence-corrected chi connectivity index (χ1v) is 5.39. The van der Waals surface area contributed by atoms with Gasteiger partial charge in [0, 0.05) is 18.6 Å². The van der Waals surface area contributed by atoms with Gasteiger partial charge < -0.3 is 20.1 Å². The van der Waals surface area contributed by atoms with E-state index in [1.807, 2.05) is 0 Å². The van der Waals surface area contributed by atoms with Crippen LogP contribution < -0.4 is 4.74 Å². The number of hydrogen-bond acceptors (Lipinski definition) is 4. The Labute approximate surface area is 103 Å². The molecule has 18 heavy (non-hydrogen) atoms. The van der Waals surface area contributed by atoms with Crippen molar-refractivity contribution < 1.29 is 29.6 Å². The number of rotatable bonds is 6. The smallest absolute Gasteiger partial charge is 0.336 e. The number of aliphatic hydroxyl groups excluding tert-OH is 1. The minimum absolute atomic E-state index is 0.0259. The number of carboxylic acids is 2. The quantitative estimate of drug-likeness (QED) is 0.700. The zero-order chi connectivity index (χ0) is 13.7. The van der Waals surface area contributed by atoms with Crippen molar-refractivity contribution in [3.05, 3.63) is 28.8 Å². The Hall–Kier alpha value is -2.08. The first-order chi connectivity index (χ1) is 8.52. The molecule has 0 saturated heterocycles. The summed E-state index contributed by atoms with van der Waals surface area (Å²) >= 11 is 0. The van der Waals surface area contributed by atoms with Gasteiger partial charge in [0.2, 0.25) is 0 Å². The molecule has 0 radical (unpaired) electrons. The highest BCUT2D eigenvalue weighted by atomic mass is 16.5. The molecule has 3 N–H and O–H groups in total. The van der Waals surface area contributed by atoms with Crippen LogP contribution in [0.25, 0.3) is 0 Å². The summed E-state index contributed by atoms with van der Waals surface area (Å²) in [4.78, 5) is 22.2. The fourth-order valence-electron chi connectivity index (χ4n) is 1.70. The van der Waals surface area contributed by atoms with E-state index in [-0.39, 0.29) is 35.5 Å². The Morgan fingerprint density at radius 3 is 2.33 bits per heavy atom. The van der Waals surface area contributed by atoms with E-state index in [1.165, 1.54) is 12.1 Å². The second kappa shape index (κ2) is 6.02. The van der Waals surface area contributed by atoms with Gasteiger partial charge in [-0.25, -0.2) is 9.59 Å². The van der Waals surface area contributed by atoms with Crippen LogP contribution in [0, 0.1) is 0 Å². The molecule has 0 bridgehead atoms. The summed E-state index contributed by atoms with van der Waals surface area (Å²) in [6.45, 7) is 1.77. The minimum atomic E-state index is -1.35. The van der Waals surface area contributed by atoms with Gasteiger partial charge in [-0.3, -0.25) is 0 Å². The molecule has 0 unspecified atom stereocenters. The minimum Gasteiger partial charge on any atom is -0.494 e. The predicted molar refractivity (Wildman–Crippen MR) is 62.3 cm³/mol. The molecule has 0 heterocycles. The maximum Gasteiger partial charge on any atom is 0.336 e. The molecule has 1 aromatic rings. The van der Waals surface area contributed by atoms with Crippen LogP contribution in [0.15, 0.2) is 12.1 Å². The summed E-state index contributed by atoms with van der Waals surface area (Å²) in [5.41, 5.74) is -0.441. The summed E-state index contributed by atoms with van der Waals surface area (Å²) < 4.78 is 5.25. The van der Waals surface area contributed by atoms with Crippen molar-refractivity contribution in [2.45, 2.75) is 13.3 Å². The average molecular weight is 254 g/mol. The fourth-order valence-corrected chi connectivity index (χ4v) is 1.70. The molecule has 1 rings (SSSR count). The third-order valence-corrected chi connectivity index (χ3v) is 2.38. The van der Waals surface area contributed by atoms with Crippen LogP contribution in [0.3, 0.4) is 0 Å². The van der Waals surface area contributed by atoms with Crippen molar-refractivity contribution in [2.75, 3.05) is 13.2 Å². The van der Waals surface area contributed by atoms with Gasteiger partial charge in [-0.15, -0.1) is 0 Å². The summed E-state index contributed by atoms with van der Waals surface area (Å²) in [6, 6.07) is 2.60. The van der Waals surface area contributed by atoms with E-state index in [0.29, 0.717) is 6.61 Å². The standard InChI is InChI=1S/C12H14O6/c1-2-18-9-4-3-8(11(14)15)10(12(16)17)7(9)5-6-13/h3-4,13H,2,5-6H2,1H3,(H,14,15)(H,16,17). The highest BCUT2D eigenvalue weighted by molar-refractivity contribution is 6.03. The Kier molecular flexibility index (Phi) is 4.67. The van der Waals surface area contributed by atoms with E-state index in [1.54, 1.807) is 6.92 Å². The first-order valence-electron chi connectivity index (χ1n) is 5.39. The lowest BCUT2D eigenvalue weighted by Crippen LogP contribution is -2.14. The van der Waals surface area contributed by atoms with Gasteiger partial charge in [-0.2, -0.15) is 0 Å². The summed E-state index contributed by atoms with van der Waals surface area (Å²) in [7, 11) is 0. The van der Waals surface area contributed by atoms with Gasteiger partial charge >= 0.3 is 11.9 Å². The first kappa shape index (κ1) is 14.0. The molecular weight excluding hydrogens is 240 g/mol. The molecule has 0 aromatic heterocycles. The molecule has 0 aliphatic rings. The molecule has 98 valence electrons. The largest absolute Gasteiger partial charge is 0.494 e. The number of aliphatic hydroxyl groups is 1. The molecule has 0 aliphatic carbocycles. The number of aromatic carboxylic acids is 2. The van der Waals surface area contributed by atoms with Gasteiger partial charge in [-0.05, 0) is 19.1 Å². The van der Waals surface area contributed by atoms with Gasteiger partial charge in [0.15, 0.2) is 0 Å². The van der Waals surface area contributed by atoms with E-state index in [9.17, 15) is 9.59 Å². The topological polar surface area (TPSA) is 104 Å². The molecule has 6 heteroatoms. The van der Waals surface area contributed by atoms with Gasteiger partial charge in [-0.1, -0.05) is 0 Å². The SMILES string of the molecule is CCOc1ccc(C(=O)O)c(C(=O)O)c1CCO. The zero-order valence-electron chi connectivity index (χ0n) is 9.84. The van der Waals surface area contributed by atoms with Gasteiger partial charge in [0.1, 0.15) is 5.75 Å². The average Bonchev–Trinajstić information content (AvgIpc) is 2.30. The number of carbonyl (C=O) groups is 2. The van der Waals surface area contributed by atoms with Crippen LogP contribution in [0.4, 0.5) is 0 Å². The van der Waals surface area contributed by atoms with Crippen molar-refractivity contribution in [3.63, 3.8) is 0 Å². The molecule has 6 nitrogen and oxygen atoms in total. The van der Waals surface area contributed by atoms with E-state index in [2.05, 4.69) is 0 Å². The number of benzene rings is 1. The van der Waals surface area contributed by atoms with E-state index < -0.39 is 11.9 Å². The van der Waals surface area contributed by atoms with Crippen LogP contribution in [-0.2, 0) is 6.42 Å². The molecular formula is C12H14O6. The lowest BCUT2D eigenvalue weighted by Gasteiger charge is -2.14. The monoisotopic (exact) mass is 254 g/mol. The highest BCUT2D eigenvalue weighted by Gasteiger charge is 2.23. The third kappa shape index (κ3) is 2.78. The maximum absolute atomic E-state index is 11.2. The molecule has 1 aromatic carbocycles. The van der Waals surface area contributed by atoms with Gasteiger partial charge in [0.25, 0.3) is 0 Å². The number of ether oxygens (including phenoxy) is 1. The lowest BCUT2D eigenvalue weighted by atomic mass is 9.97. The molecule has 0 spiro atoms. The van der Waals surface area contributed by atoms with Crippen LogP contribution in [-0.4, -0.2) is 40.5 Å². The Morgan fingerprint density at radius 2 is 1.89 bits per heavy atom. The second-order valence-electron chi connectivity index (χ2n) is 3.48. The summed E-state index contributed by atoms with van der Waals surface area (Å²) in [5, 5.41) is 27.0. The van der Waals surface area contributed by atoms with E-state index >= 15 is 0 Å². The molecule has 0 fully saturated rings. The third-order valence-electron chi connectivity index (χ3n) is 2.38. The normalized spacial score (nSPS) is 10.1. The van der Waals surface area contributed by atoms with E-state index in [0.717, 1.165) is 0 Å². The Balaban J connectivity index is 3.48. The number of carboxylic acid groups (broad SMARTS) is 2. The molecule has 0 amide bonds. The maximum atomic E-state index is 11.2. The predicted octanol–water partition coefficient (Wildman–Crippen LogP) is 1.02. The van der Waals surface area contributed by atoms with Crippen molar-refractivity contribution in [1.29, 1.82) is 0 Å². The highest BCUT2D eigenvalue weighted by Crippen LogP contribution is 2.26. The number of hydrogen-bond donors (Lipinski definition) is 3. The van der Waals surface area contributed by atoms with Crippen LogP contribution in [0.1, 0.15) is 33.2 Å². The Bertz CT molecular complexity index is 466. The van der Waals surface area contributed by atoms with Crippen LogP contribution in [0.2, 0.25) is 0 Å².